The predicted octanol–water partition coefficient (Wildman–Crippen LogP) is 3.79. The Bertz CT molecular complexity index is 1290. The Morgan fingerprint density at radius 1 is 1.09 bits per heavy atom. The van der Waals surface area contributed by atoms with Crippen molar-refractivity contribution in [2.45, 2.75) is 24.9 Å². The summed E-state index contributed by atoms with van der Waals surface area (Å²) in [6, 6.07) is 13.6. The molecule has 0 aliphatic carbocycles. The van der Waals surface area contributed by atoms with Gasteiger partial charge in [-0.3, -0.25) is 14.4 Å². The average molecular weight is 492 g/mol. The van der Waals surface area contributed by atoms with Gasteiger partial charge in [0, 0.05) is 24.2 Å². The molecule has 0 bridgehead atoms. The van der Waals surface area contributed by atoms with Gasteiger partial charge in [-0.15, -0.1) is 11.3 Å². The Kier molecular flexibility index (Phi) is 6.17. The molecule has 1 aromatic heterocycles. The van der Waals surface area contributed by atoms with E-state index in [1.54, 1.807) is 43.4 Å². The quantitative estimate of drug-likeness (QED) is 0.566. The van der Waals surface area contributed by atoms with Gasteiger partial charge in [0.05, 0.1) is 30.3 Å². The number of anilines is 1. The molecular weight excluding hydrogens is 466 g/mol. The average Bonchev–Trinajstić information content (AvgIpc) is 3.40. The molecule has 2 unspecified atom stereocenters. The number of benzene rings is 2. The Hall–Kier alpha value is -3.85. The van der Waals surface area contributed by atoms with Crippen LogP contribution in [0.15, 0.2) is 53.9 Å². The van der Waals surface area contributed by atoms with Crippen LogP contribution in [0.1, 0.15) is 32.9 Å². The van der Waals surface area contributed by atoms with Crippen LogP contribution < -0.4 is 20.1 Å². The van der Waals surface area contributed by atoms with Gasteiger partial charge < -0.3 is 25.0 Å². The van der Waals surface area contributed by atoms with Gasteiger partial charge in [-0.25, -0.2) is 0 Å². The predicted molar refractivity (Wildman–Crippen MR) is 133 cm³/mol. The van der Waals surface area contributed by atoms with Gasteiger partial charge in [0.2, 0.25) is 5.91 Å². The van der Waals surface area contributed by atoms with Crippen LogP contribution >= 0.6 is 11.3 Å². The van der Waals surface area contributed by atoms with E-state index in [0.717, 1.165) is 11.1 Å². The highest BCUT2D eigenvalue weighted by Crippen LogP contribution is 2.37. The van der Waals surface area contributed by atoms with Crippen LogP contribution in [0.3, 0.4) is 0 Å². The molecule has 0 saturated carbocycles. The molecule has 5 rings (SSSR count). The van der Waals surface area contributed by atoms with Crippen LogP contribution in [-0.2, 0) is 4.79 Å². The Labute approximate surface area is 206 Å². The molecule has 2 atom stereocenters. The van der Waals surface area contributed by atoms with E-state index in [-0.39, 0.29) is 23.8 Å². The molecule has 0 spiro atoms. The van der Waals surface area contributed by atoms with E-state index in [1.165, 1.54) is 11.3 Å². The molecular formula is C26H25N3O5S. The van der Waals surface area contributed by atoms with E-state index >= 15 is 0 Å². The maximum absolute atomic E-state index is 13.6. The molecule has 3 heterocycles. The van der Waals surface area contributed by atoms with Crippen LogP contribution in [-0.4, -0.2) is 55.5 Å². The number of ether oxygens (including phenoxy) is 2. The molecule has 0 radical (unpaired) electrons. The second kappa shape index (κ2) is 9.42. The minimum atomic E-state index is -0.656. The fraction of sp³-hybridized carbons (Fsp3) is 0.269. The summed E-state index contributed by atoms with van der Waals surface area (Å²) in [7, 11) is 3.17. The minimum Gasteiger partial charge on any atom is -0.497 e. The van der Waals surface area contributed by atoms with Crippen molar-refractivity contribution in [1.82, 2.24) is 10.2 Å². The van der Waals surface area contributed by atoms with E-state index in [1.807, 2.05) is 29.6 Å². The standard InChI is InChI=1S/C26H25N3O5S/c1-33-17-6-7-18(22(14-17)34-2)15-5-8-20-19(12-15)26(32)29-10-9-16(13-21(29)24(30)28-20)27-25(31)23-4-3-11-35-23/h3-8,11-12,14,16,21H,9-10,13H2,1-2H3,(H,27,31)(H,28,30). The number of carbonyl (C=O) groups excluding carboxylic acids is 3. The highest BCUT2D eigenvalue weighted by atomic mass is 32.1. The fourth-order valence-electron chi connectivity index (χ4n) is 4.66. The zero-order valence-corrected chi connectivity index (χ0v) is 20.2. The number of rotatable bonds is 5. The van der Waals surface area contributed by atoms with Gasteiger partial charge in [0.1, 0.15) is 17.5 Å². The normalized spacial score (nSPS) is 19.2. The summed E-state index contributed by atoms with van der Waals surface area (Å²) in [5.74, 6) is 0.679. The zero-order valence-electron chi connectivity index (χ0n) is 19.4. The van der Waals surface area contributed by atoms with Crippen LogP contribution in [0.25, 0.3) is 11.1 Å². The first-order chi connectivity index (χ1) is 17.0. The molecule has 2 N–H and O–H groups in total. The zero-order chi connectivity index (χ0) is 24.5. The van der Waals surface area contributed by atoms with E-state index < -0.39 is 6.04 Å². The van der Waals surface area contributed by atoms with Crippen molar-refractivity contribution in [3.63, 3.8) is 0 Å². The molecule has 3 aromatic rings. The van der Waals surface area contributed by atoms with Crippen molar-refractivity contribution < 1.29 is 23.9 Å². The Morgan fingerprint density at radius 2 is 1.94 bits per heavy atom. The fourth-order valence-corrected chi connectivity index (χ4v) is 5.28. The second-order valence-corrected chi connectivity index (χ2v) is 9.45. The molecule has 3 amide bonds. The summed E-state index contributed by atoms with van der Waals surface area (Å²) in [4.78, 5) is 41.4. The summed E-state index contributed by atoms with van der Waals surface area (Å²) in [5, 5.41) is 7.78. The van der Waals surface area contributed by atoms with Gasteiger partial charge in [-0.05, 0) is 54.1 Å². The minimum absolute atomic E-state index is 0.153. The third-order valence-corrected chi connectivity index (χ3v) is 7.34. The summed E-state index contributed by atoms with van der Waals surface area (Å²) in [6.45, 7) is 0.377. The molecule has 2 aliphatic rings. The number of carbonyl (C=O) groups is 3. The van der Waals surface area contributed by atoms with Crippen molar-refractivity contribution in [2.24, 2.45) is 0 Å². The van der Waals surface area contributed by atoms with Crippen molar-refractivity contribution >= 4 is 34.7 Å². The monoisotopic (exact) mass is 491 g/mol. The highest BCUT2D eigenvalue weighted by molar-refractivity contribution is 7.12. The SMILES string of the molecule is COc1ccc(-c2ccc3c(c2)C(=O)N2CCC(NC(=O)c4cccs4)CC2C(=O)N3)c(OC)c1. The van der Waals surface area contributed by atoms with Crippen LogP contribution in [0.4, 0.5) is 5.69 Å². The highest BCUT2D eigenvalue weighted by Gasteiger charge is 2.40. The number of hydrogen-bond acceptors (Lipinski definition) is 6. The number of thiophene rings is 1. The first kappa shape index (κ1) is 22.9. The maximum atomic E-state index is 13.6. The number of nitrogens with zero attached hydrogens (tertiary/aromatic N) is 1. The Morgan fingerprint density at radius 3 is 2.69 bits per heavy atom. The lowest BCUT2D eigenvalue weighted by Gasteiger charge is -2.37. The first-order valence-corrected chi connectivity index (χ1v) is 12.2. The van der Waals surface area contributed by atoms with Gasteiger partial charge in [0.15, 0.2) is 0 Å². The summed E-state index contributed by atoms with van der Waals surface area (Å²) in [5.41, 5.74) is 2.51. The first-order valence-electron chi connectivity index (χ1n) is 11.3. The van der Waals surface area contributed by atoms with Gasteiger partial charge in [-0.1, -0.05) is 12.1 Å². The number of nitrogens with one attached hydrogen (secondary N) is 2. The third kappa shape index (κ3) is 4.35. The van der Waals surface area contributed by atoms with E-state index in [0.29, 0.717) is 47.0 Å². The molecule has 8 nitrogen and oxygen atoms in total. The van der Waals surface area contributed by atoms with E-state index in [9.17, 15) is 14.4 Å². The number of hydrogen-bond donors (Lipinski definition) is 2. The van der Waals surface area contributed by atoms with E-state index in [4.69, 9.17) is 9.47 Å². The lowest BCUT2D eigenvalue weighted by Crippen LogP contribution is -2.54. The lowest BCUT2D eigenvalue weighted by molar-refractivity contribution is -0.121. The van der Waals surface area contributed by atoms with Crippen molar-refractivity contribution in [2.75, 3.05) is 26.1 Å². The third-order valence-electron chi connectivity index (χ3n) is 6.47. The maximum Gasteiger partial charge on any atom is 0.261 e. The van der Waals surface area contributed by atoms with Gasteiger partial charge in [0.25, 0.3) is 11.8 Å². The summed E-state index contributed by atoms with van der Waals surface area (Å²) in [6.07, 6.45) is 0.940. The van der Waals surface area contributed by atoms with Crippen LogP contribution in [0.2, 0.25) is 0 Å². The number of fused-ring (bicyclic) bond motifs is 2. The molecule has 180 valence electrons. The topological polar surface area (TPSA) is 97.0 Å². The van der Waals surface area contributed by atoms with Crippen molar-refractivity contribution in [3.8, 4) is 22.6 Å². The van der Waals surface area contributed by atoms with Crippen molar-refractivity contribution in [3.05, 3.63) is 64.4 Å². The number of piperidine rings is 1. The number of amides is 3. The van der Waals surface area contributed by atoms with Gasteiger partial charge >= 0.3 is 0 Å². The molecule has 9 heteroatoms. The summed E-state index contributed by atoms with van der Waals surface area (Å²) >= 11 is 1.37. The number of methoxy groups -OCH3 is 2. The van der Waals surface area contributed by atoms with Crippen LogP contribution in [0.5, 0.6) is 11.5 Å². The molecule has 1 fully saturated rings. The summed E-state index contributed by atoms with van der Waals surface area (Å²) < 4.78 is 10.8. The molecule has 35 heavy (non-hydrogen) atoms. The lowest BCUT2D eigenvalue weighted by atomic mass is 9.95. The molecule has 1 saturated heterocycles. The van der Waals surface area contributed by atoms with Crippen molar-refractivity contribution in [1.29, 1.82) is 0 Å². The second-order valence-electron chi connectivity index (χ2n) is 8.50. The molecule has 2 aliphatic heterocycles. The van der Waals surface area contributed by atoms with Crippen LogP contribution in [0, 0.1) is 0 Å². The van der Waals surface area contributed by atoms with Gasteiger partial charge in [-0.2, -0.15) is 0 Å². The smallest absolute Gasteiger partial charge is 0.261 e. The largest absolute Gasteiger partial charge is 0.497 e. The van der Waals surface area contributed by atoms with E-state index in [2.05, 4.69) is 10.6 Å². The Balaban J connectivity index is 1.40. The molecule has 2 aromatic carbocycles.